The molecule has 0 amide bonds. The van der Waals surface area contributed by atoms with Crippen molar-refractivity contribution >= 4 is 40.8 Å². The van der Waals surface area contributed by atoms with E-state index >= 15 is 0 Å². The van der Waals surface area contributed by atoms with Gasteiger partial charge in [0.2, 0.25) is 5.95 Å². The number of carbonyl (C=O) groups is 1. The SMILES string of the molecule is O=C(O)c1cc(-c2ccc(C=NNc3nc4ccccc4[nH]3)o2)ccc1Cl. The van der Waals surface area contributed by atoms with E-state index in [2.05, 4.69) is 20.5 Å². The Bertz CT molecular complexity index is 1130. The zero-order chi connectivity index (χ0) is 18.8. The first kappa shape index (κ1) is 16.9. The highest BCUT2D eigenvalue weighted by Gasteiger charge is 2.12. The quantitative estimate of drug-likeness (QED) is 0.346. The van der Waals surface area contributed by atoms with Crippen LogP contribution in [0.25, 0.3) is 22.4 Å². The summed E-state index contributed by atoms with van der Waals surface area (Å²) in [6, 6.07) is 15.8. The standard InChI is InChI=1S/C19H13ClN4O3/c20-14-7-5-11(9-13(14)18(25)26)17-8-6-12(27-17)10-21-24-19-22-15-3-1-2-4-16(15)23-19/h1-10H,(H,25,26)(H2,22,23,24). The molecule has 2 heterocycles. The van der Waals surface area contributed by atoms with E-state index in [4.69, 9.17) is 21.1 Å². The molecule has 0 aliphatic heterocycles. The van der Waals surface area contributed by atoms with Gasteiger partial charge in [-0.25, -0.2) is 15.2 Å². The number of carboxylic acids is 1. The fourth-order valence-corrected chi connectivity index (χ4v) is 2.78. The summed E-state index contributed by atoms with van der Waals surface area (Å²) >= 11 is 5.89. The number of aromatic amines is 1. The second kappa shape index (κ2) is 6.97. The van der Waals surface area contributed by atoms with Crippen LogP contribution in [0.1, 0.15) is 16.1 Å². The van der Waals surface area contributed by atoms with Crippen molar-refractivity contribution in [1.82, 2.24) is 9.97 Å². The first-order valence-corrected chi connectivity index (χ1v) is 8.35. The summed E-state index contributed by atoms with van der Waals surface area (Å²) in [6.45, 7) is 0. The zero-order valence-electron chi connectivity index (χ0n) is 13.8. The van der Waals surface area contributed by atoms with E-state index in [-0.39, 0.29) is 10.6 Å². The van der Waals surface area contributed by atoms with Crippen LogP contribution in [-0.2, 0) is 0 Å². The number of H-pyrrole nitrogens is 1. The van der Waals surface area contributed by atoms with Crippen molar-refractivity contribution in [2.75, 3.05) is 5.43 Å². The fraction of sp³-hybridized carbons (Fsp3) is 0. The van der Waals surface area contributed by atoms with Gasteiger partial charge in [-0.15, -0.1) is 0 Å². The molecule has 27 heavy (non-hydrogen) atoms. The number of nitrogens with zero attached hydrogens (tertiary/aromatic N) is 2. The van der Waals surface area contributed by atoms with Gasteiger partial charge in [-0.3, -0.25) is 0 Å². The number of nitrogens with one attached hydrogen (secondary N) is 2. The number of hydrogen-bond donors (Lipinski definition) is 3. The van der Waals surface area contributed by atoms with Crippen LogP contribution in [-0.4, -0.2) is 27.3 Å². The third kappa shape index (κ3) is 3.54. The van der Waals surface area contributed by atoms with Crippen molar-refractivity contribution < 1.29 is 14.3 Å². The Kier molecular flexibility index (Phi) is 4.35. The molecule has 0 saturated carbocycles. The van der Waals surface area contributed by atoms with Gasteiger partial charge < -0.3 is 14.5 Å². The number of imidazole rings is 1. The van der Waals surface area contributed by atoms with Gasteiger partial charge in [0.1, 0.15) is 11.5 Å². The van der Waals surface area contributed by atoms with Crippen LogP contribution >= 0.6 is 11.6 Å². The van der Waals surface area contributed by atoms with Crippen molar-refractivity contribution in [2.24, 2.45) is 5.10 Å². The van der Waals surface area contributed by atoms with Gasteiger partial charge in [0.25, 0.3) is 0 Å². The molecule has 3 N–H and O–H groups in total. The molecule has 2 aromatic carbocycles. The highest BCUT2D eigenvalue weighted by Crippen LogP contribution is 2.26. The maximum absolute atomic E-state index is 11.2. The molecule has 0 spiro atoms. The van der Waals surface area contributed by atoms with Gasteiger partial charge in [0, 0.05) is 5.56 Å². The molecule has 0 saturated heterocycles. The first-order valence-electron chi connectivity index (χ1n) is 7.97. The lowest BCUT2D eigenvalue weighted by Gasteiger charge is -2.01. The molecule has 4 aromatic rings. The number of carboxylic acid groups (broad SMARTS) is 1. The lowest BCUT2D eigenvalue weighted by molar-refractivity contribution is 0.0697. The lowest BCUT2D eigenvalue weighted by atomic mass is 10.1. The summed E-state index contributed by atoms with van der Waals surface area (Å²) in [5, 5.41) is 13.4. The summed E-state index contributed by atoms with van der Waals surface area (Å²) in [5.41, 5.74) is 5.19. The van der Waals surface area contributed by atoms with Crippen LogP contribution in [0.4, 0.5) is 5.95 Å². The minimum Gasteiger partial charge on any atom is -0.478 e. The Hall–Kier alpha value is -3.58. The Labute approximate surface area is 158 Å². The Morgan fingerprint density at radius 1 is 1.22 bits per heavy atom. The first-order chi connectivity index (χ1) is 13.1. The summed E-state index contributed by atoms with van der Waals surface area (Å²) in [6.07, 6.45) is 1.50. The zero-order valence-corrected chi connectivity index (χ0v) is 14.6. The third-order valence-corrected chi connectivity index (χ3v) is 4.19. The van der Waals surface area contributed by atoms with E-state index in [0.717, 1.165) is 11.0 Å². The van der Waals surface area contributed by atoms with E-state index in [9.17, 15) is 4.79 Å². The number of fused-ring (bicyclic) bond motifs is 1. The number of para-hydroxylation sites is 2. The predicted molar refractivity (Wildman–Crippen MR) is 103 cm³/mol. The summed E-state index contributed by atoms with van der Waals surface area (Å²) < 4.78 is 5.69. The van der Waals surface area contributed by atoms with Crippen molar-refractivity contribution in [3.63, 3.8) is 0 Å². The molecular formula is C19H13ClN4O3. The maximum Gasteiger partial charge on any atom is 0.337 e. The van der Waals surface area contributed by atoms with E-state index in [1.54, 1.807) is 18.2 Å². The van der Waals surface area contributed by atoms with Gasteiger partial charge in [0.05, 0.1) is 27.8 Å². The van der Waals surface area contributed by atoms with Crippen LogP contribution in [0.5, 0.6) is 0 Å². The third-order valence-electron chi connectivity index (χ3n) is 3.86. The average Bonchev–Trinajstić information content (AvgIpc) is 3.28. The molecular weight excluding hydrogens is 368 g/mol. The van der Waals surface area contributed by atoms with Crippen molar-refractivity contribution in [3.05, 3.63) is 70.9 Å². The van der Waals surface area contributed by atoms with Gasteiger partial charge in [0.15, 0.2) is 0 Å². The molecule has 8 heteroatoms. The number of anilines is 1. The predicted octanol–water partition coefficient (Wildman–Crippen LogP) is 4.62. The average molecular weight is 381 g/mol. The molecule has 0 fully saturated rings. The number of halogens is 1. The maximum atomic E-state index is 11.2. The van der Waals surface area contributed by atoms with Crippen LogP contribution < -0.4 is 5.43 Å². The number of hydrazone groups is 1. The second-order valence-electron chi connectivity index (χ2n) is 5.67. The van der Waals surface area contributed by atoms with E-state index in [1.165, 1.54) is 18.3 Å². The van der Waals surface area contributed by atoms with Crippen LogP contribution in [0.15, 0.2) is 64.1 Å². The molecule has 0 aliphatic rings. The minimum absolute atomic E-state index is 0.0207. The number of rotatable bonds is 5. The number of furan rings is 1. The highest BCUT2D eigenvalue weighted by atomic mass is 35.5. The van der Waals surface area contributed by atoms with Crippen LogP contribution in [0.3, 0.4) is 0 Å². The van der Waals surface area contributed by atoms with Crippen molar-refractivity contribution in [3.8, 4) is 11.3 Å². The van der Waals surface area contributed by atoms with Gasteiger partial charge in [-0.05, 0) is 42.5 Å². The molecule has 0 atom stereocenters. The number of hydrogen-bond acceptors (Lipinski definition) is 5. The van der Waals surface area contributed by atoms with Gasteiger partial charge in [-0.2, -0.15) is 5.10 Å². The second-order valence-corrected chi connectivity index (χ2v) is 6.08. The van der Waals surface area contributed by atoms with E-state index in [1.807, 2.05) is 24.3 Å². The smallest absolute Gasteiger partial charge is 0.337 e. The number of aromatic nitrogens is 2. The van der Waals surface area contributed by atoms with Gasteiger partial charge in [-0.1, -0.05) is 23.7 Å². The topological polar surface area (TPSA) is 104 Å². The van der Waals surface area contributed by atoms with Crippen LogP contribution in [0.2, 0.25) is 5.02 Å². The largest absolute Gasteiger partial charge is 0.478 e. The monoisotopic (exact) mass is 380 g/mol. The Morgan fingerprint density at radius 3 is 2.89 bits per heavy atom. The number of aromatic carboxylic acids is 1. The Balaban J connectivity index is 1.50. The van der Waals surface area contributed by atoms with E-state index < -0.39 is 5.97 Å². The minimum atomic E-state index is -1.09. The molecule has 0 bridgehead atoms. The van der Waals surface area contributed by atoms with Gasteiger partial charge >= 0.3 is 5.97 Å². The molecule has 0 unspecified atom stereocenters. The molecule has 2 aromatic heterocycles. The van der Waals surface area contributed by atoms with E-state index in [0.29, 0.717) is 23.0 Å². The molecule has 7 nitrogen and oxygen atoms in total. The summed E-state index contributed by atoms with van der Waals surface area (Å²) in [4.78, 5) is 18.7. The molecule has 134 valence electrons. The number of benzene rings is 2. The lowest BCUT2D eigenvalue weighted by Crippen LogP contribution is -1.97. The molecule has 4 rings (SSSR count). The normalized spacial score (nSPS) is 11.3. The van der Waals surface area contributed by atoms with Crippen LogP contribution in [0, 0.1) is 0 Å². The highest BCUT2D eigenvalue weighted by molar-refractivity contribution is 6.33. The molecule has 0 radical (unpaired) electrons. The Morgan fingerprint density at radius 2 is 2.07 bits per heavy atom. The summed E-state index contributed by atoms with van der Waals surface area (Å²) in [5.74, 6) is 0.438. The molecule has 0 aliphatic carbocycles. The van der Waals surface area contributed by atoms with Crippen molar-refractivity contribution in [1.29, 1.82) is 0 Å². The van der Waals surface area contributed by atoms with Crippen molar-refractivity contribution in [2.45, 2.75) is 0 Å². The fourth-order valence-electron chi connectivity index (χ4n) is 2.58. The summed E-state index contributed by atoms with van der Waals surface area (Å²) in [7, 11) is 0.